The number of aryl methyl sites for hydroxylation is 1. The fourth-order valence-corrected chi connectivity index (χ4v) is 3.94. The normalized spacial score (nSPS) is 15.6. The molecule has 152 valence electrons. The van der Waals surface area contributed by atoms with E-state index in [1.807, 2.05) is 43.3 Å². The number of furan rings is 1. The van der Waals surface area contributed by atoms with E-state index in [9.17, 15) is 9.59 Å². The van der Waals surface area contributed by atoms with Crippen LogP contribution < -0.4 is 10.9 Å². The highest BCUT2D eigenvalue weighted by Gasteiger charge is 2.22. The summed E-state index contributed by atoms with van der Waals surface area (Å²) in [4.78, 5) is 31.8. The maximum atomic E-state index is 12.9. The van der Waals surface area contributed by atoms with Crippen LogP contribution in [0.1, 0.15) is 24.4 Å². The fourth-order valence-electron chi connectivity index (χ4n) is 3.94. The summed E-state index contributed by atoms with van der Waals surface area (Å²) in [6, 6.07) is 11.1. The Balaban J connectivity index is 1.30. The van der Waals surface area contributed by atoms with E-state index in [2.05, 4.69) is 15.2 Å². The molecule has 1 aliphatic heterocycles. The van der Waals surface area contributed by atoms with Crippen molar-refractivity contribution in [3.8, 4) is 0 Å². The van der Waals surface area contributed by atoms with Crippen LogP contribution in [0.25, 0.3) is 10.9 Å². The number of piperidine rings is 1. The monoisotopic (exact) mass is 394 g/mol. The second-order valence-corrected chi connectivity index (χ2v) is 7.67. The van der Waals surface area contributed by atoms with Gasteiger partial charge in [0.05, 0.1) is 30.3 Å². The van der Waals surface area contributed by atoms with Crippen LogP contribution in [0.4, 0.5) is 0 Å². The Kier molecular flexibility index (Phi) is 5.76. The van der Waals surface area contributed by atoms with Crippen LogP contribution in [0.3, 0.4) is 0 Å². The highest BCUT2D eigenvalue weighted by atomic mass is 16.3. The molecular weight excluding hydrogens is 368 g/mol. The number of nitrogens with zero attached hydrogens (tertiary/aromatic N) is 3. The predicted octanol–water partition coefficient (Wildman–Crippen LogP) is 2.33. The SMILES string of the molecule is Cc1nc2ccccc2c(=O)n1CC1CCN(CC(=O)NCc2ccco2)CC1. The fraction of sp³-hybridized carbons (Fsp3) is 0.409. The molecule has 7 heteroatoms. The van der Waals surface area contributed by atoms with Gasteiger partial charge in [0.1, 0.15) is 11.6 Å². The summed E-state index contributed by atoms with van der Waals surface area (Å²) in [7, 11) is 0. The molecule has 1 aliphatic rings. The number of rotatable bonds is 6. The van der Waals surface area contributed by atoms with Gasteiger partial charge < -0.3 is 9.73 Å². The van der Waals surface area contributed by atoms with E-state index < -0.39 is 0 Å². The van der Waals surface area contributed by atoms with E-state index in [1.165, 1.54) is 0 Å². The lowest BCUT2D eigenvalue weighted by atomic mass is 9.96. The number of carbonyl (C=O) groups is 1. The molecule has 29 heavy (non-hydrogen) atoms. The summed E-state index contributed by atoms with van der Waals surface area (Å²) in [5, 5.41) is 3.56. The van der Waals surface area contributed by atoms with Gasteiger partial charge in [-0.2, -0.15) is 0 Å². The first-order valence-electron chi connectivity index (χ1n) is 10.1. The van der Waals surface area contributed by atoms with Crippen LogP contribution in [0.15, 0.2) is 51.9 Å². The molecule has 0 unspecified atom stereocenters. The van der Waals surface area contributed by atoms with E-state index in [0.717, 1.165) is 43.0 Å². The van der Waals surface area contributed by atoms with Gasteiger partial charge >= 0.3 is 0 Å². The lowest BCUT2D eigenvalue weighted by Crippen LogP contribution is -2.42. The molecule has 1 amide bonds. The van der Waals surface area contributed by atoms with E-state index in [1.54, 1.807) is 10.8 Å². The van der Waals surface area contributed by atoms with Gasteiger partial charge in [0.15, 0.2) is 0 Å². The van der Waals surface area contributed by atoms with Crippen LogP contribution in [-0.4, -0.2) is 40.0 Å². The number of hydrogen-bond donors (Lipinski definition) is 1. The molecule has 1 N–H and O–H groups in total. The Morgan fingerprint density at radius 2 is 2.00 bits per heavy atom. The van der Waals surface area contributed by atoms with Gasteiger partial charge in [0.2, 0.25) is 5.91 Å². The third-order valence-corrected chi connectivity index (χ3v) is 5.61. The molecule has 0 atom stereocenters. The molecule has 0 aliphatic carbocycles. The van der Waals surface area contributed by atoms with Crippen molar-refractivity contribution < 1.29 is 9.21 Å². The summed E-state index contributed by atoms with van der Waals surface area (Å²) in [5.41, 5.74) is 0.787. The van der Waals surface area contributed by atoms with Crippen molar-refractivity contribution in [2.75, 3.05) is 19.6 Å². The average Bonchev–Trinajstić information content (AvgIpc) is 3.24. The number of para-hydroxylation sites is 1. The van der Waals surface area contributed by atoms with Crippen molar-refractivity contribution in [1.82, 2.24) is 19.8 Å². The Labute approximate surface area is 169 Å². The summed E-state index contributed by atoms with van der Waals surface area (Å²) < 4.78 is 7.03. The van der Waals surface area contributed by atoms with Gasteiger partial charge in [0, 0.05) is 6.54 Å². The van der Waals surface area contributed by atoms with E-state index >= 15 is 0 Å². The van der Waals surface area contributed by atoms with Crippen LogP contribution in [0.5, 0.6) is 0 Å². The second-order valence-electron chi connectivity index (χ2n) is 7.67. The number of fused-ring (bicyclic) bond motifs is 1. The Morgan fingerprint density at radius 3 is 2.76 bits per heavy atom. The molecule has 0 bridgehead atoms. The van der Waals surface area contributed by atoms with Gasteiger partial charge in [0.25, 0.3) is 5.56 Å². The predicted molar refractivity (Wildman–Crippen MR) is 110 cm³/mol. The molecule has 1 aromatic carbocycles. The molecule has 0 saturated carbocycles. The van der Waals surface area contributed by atoms with Gasteiger partial charge in [-0.05, 0) is 63.0 Å². The third-order valence-electron chi connectivity index (χ3n) is 5.61. The minimum absolute atomic E-state index is 0.00523. The molecule has 4 rings (SSSR count). The van der Waals surface area contributed by atoms with Crippen LogP contribution in [0.2, 0.25) is 0 Å². The lowest BCUT2D eigenvalue weighted by Gasteiger charge is -2.31. The van der Waals surface area contributed by atoms with Crippen molar-refractivity contribution in [3.63, 3.8) is 0 Å². The number of likely N-dealkylation sites (tertiary alicyclic amines) is 1. The first kappa shape index (κ1) is 19.4. The number of carbonyl (C=O) groups excluding carboxylic acids is 1. The van der Waals surface area contributed by atoms with Gasteiger partial charge in [-0.3, -0.25) is 19.1 Å². The van der Waals surface area contributed by atoms with Crippen LogP contribution in [0, 0.1) is 12.8 Å². The molecule has 1 saturated heterocycles. The van der Waals surface area contributed by atoms with E-state index in [4.69, 9.17) is 4.42 Å². The number of benzene rings is 1. The van der Waals surface area contributed by atoms with Crippen LogP contribution in [-0.2, 0) is 17.9 Å². The molecule has 1 fully saturated rings. The molecule has 3 aromatic rings. The maximum Gasteiger partial charge on any atom is 0.261 e. The van der Waals surface area contributed by atoms with E-state index in [0.29, 0.717) is 30.9 Å². The first-order valence-corrected chi connectivity index (χ1v) is 10.1. The van der Waals surface area contributed by atoms with Gasteiger partial charge in [-0.25, -0.2) is 4.98 Å². The highest BCUT2D eigenvalue weighted by molar-refractivity contribution is 5.78. The Bertz CT molecular complexity index is 1030. The lowest BCUT2D eigenvalue weighted by molar-refractivity contribution is -0.122. The quantitative estimate of drug-likeness (QED) is 0.694. The maximum absolute atomic E-state index is 12.9. The molecule has 0 radical (unpaired) electrons. The number of hydrogen-bond acceptors (Lipinski definition) is 5. The highest BCUT2D eigenvalue weighted by Crippen LogP contribution is 2.19. The second kappa shape index (κ2) is 8.61. The molecule has 3 heterocycles. The zero-order valence-electron chi connectivity index (χ0n) is 16.6. The average molecular weight is 394 g/mol. The van der Waals surface area contributed by atoms with Gasteiger partial charge in [-0.1, -0.05) is 12.1 Å². The third kappa shape index (κ3) is 4.56. The summed E-state index contributed by atoms with van der Waals surface area (Å²) in [6.45, 7) is 5.10. The zero-order chi connectivity index (χ0) is 20.2. The Morgan fingerprint density at radius 1 is 1.21 bits per heavy atom. The summed E-state index contributed by atoms with van der Waals surface area (Å²) >= 11 is 0. The number of aromatic nitrogens is 2. The van der Waals surface area contributed by atoms with Crippen molar-refractivity contribution in [3.05, 3.63) is 64.6 Å². The molecular formula is C22H26N4O3. The molecule has 2 aromatic heterocycles. The first-order chi connectivity index (χ1) is 14.1. The number of nitrogens with one attached hydrogen (secondary N) is 1. The number of amides is 1. The standard InChI is InChI=1S/C22H26N4O3/c1-16-24-20-7-3-2-6-19(20)22(28)26(16)14-17-8-10-25(11-9-17)15-21(27)23-13-18-5-4-12-29-18/h2-7,12,17H,8-11,13-15H2,1H3,(H,23,27). The topological polar surface area (TPSA) is 80.4 Å². The van der Waals surface area contributed by atoms with Crippen molar-refractivity contribution in [2.45, 2.75) is 32.9 Å². The van der Waals surface area contributed by atoms with Crippen molar-refractivity contribution >= 4 is 16.8 Å². The minimum Gasteiger partial charge on any atom is -0.467 e. The van der Waals surface area contributed by atoms with E-state index in [-0.39, 0.29) is 11.5 Å². The zero-order valence-corrected chi connectivity index (χ0v) is 16.6. The Hall–Kier alpha value is -2.93. The largest absolute Gasteiger partial charge is 0.467 e. The van der Waals surface area contributed by atoms with Crippen molar-refractivity contribution in [1.29, 1.82) is 0 Å². The minimum atomic E-state index is 0.00523. The molecule has 0 spiro atoms. The van der Waals surface area contributed by atoms with Crippen molar-refractivity contribution in [2.24, 2.45) is 5.92 Å². The summed E-state index contributed by atoms with van der Waals surface area (Å²) in [6.07, 6.45) is 3.53. The van der Waals surface area contributed by atoms with Crippen LogP contribution >= 0.6 is 0 Å². The molecule has 7 nitrogen and oxygen atoms in total. The smallest absolute Gasteiger partial charge is 0.261 e. The summed E-state index contributed by atoms with van der Waals surface area (Å²) in [5.74, 6) is 1.93. The van der Waals surface area contributed by atoms with Gasteiger partial charge in [-0.15, -0.1) is 0 Å².